The summed E-state index contributed by atoms with van der Waals surface area (Å²) in [5.41, 5.74) is 0.990. The summed E-state index contributed by atoms with van der Waals surface area (Å²) in [7, 11) is 1.75. The minimum Gasteiger partial charge on any atom is -0.314 e. The predicted octanol–water partition coefficient (Wildman–Crippen LogP) is 3.14. The fraction of sp³-hybridized carbons (Fsp3) is 0.625. The number of alkyl halides is 2. The van der Waals surface area contributed by atoms with E-state index in [9.17, 15) is 8.78 Å². The van der Waals surface area contributed by atoms with Gasteiger partial charge in [-0.3, -0.25) is 4.90 Å². The zero-order chi connectivity index (χ0) is 15.2. The zero-order valence-corrected chi connectivity index (χ0v) is 12.9. The van der Waals surface area contributed by atoms with Crippen LogP contribution in [0.4, 0.5) is 8.78 Å². The van der Waals surface area contributed by atoms with Crippen molar-refractivity contribution in [3.05, 3.63) is 35.9 Å². The molecular formula is C16H26F2N2. The van der Waals surface area contributed by atoms with Gasteiger partial charge in [0.25, 0.3) is 6.43 Å². The second-order valence-corrected chi connectivity index (χ2v) is 6.05. The smallest absolute Gasteiger partial charge is 0.251 e. The van der Waals surface area contributed by atoms with Gasteiger partial charge >= 0.3 is 0 Å². The number of nitrogens with one attached hydrogen (secondary N) is 1. The van der Waals surface area contributed by atoms with Gasteiger partial charge in [0.05, 0.1) is 6.54 Å². The number of likely N-dealkylation sites (N-methyl/N-ethyl adjacent to an activating group) is 1. The normalized spacial score (nSPS) is 15.1. The second-order valence-electron chi connectivity index (χ2n) is 6.05. The Morgan fingerprint density at radius 2 is 1.80 bits per heavy atom. The molecule has 20 heavy (non-hydrogen) atoms. The van der Waals surface area contributed by atoms with Gasteiger partial charge in [-0.2, -0.15) is 0 Å². The fourth-order valence-electron chi connectivity index (χ4n) is 2.42. The number of hydrogen-bond acceptors (Lipinski definition) is 2. The van der Waals surface area contributed by atoms with E-state index >= 15 is 0 Å². The molecule has 114 valence electrons. The Bertz CT molecular complexity index is 381. The lowest BCUT2D eigenvalue weighted by Gasteiger charge is -2.35. The standard InChI is InChI=1S/C16H26F2N2/c1-13(2)19-11-16(3,12-20(4)10-15(17)18)14-8-6-5-7-9-14/h5-9,13,15,19H,10-12H2,1-4H3. The number of nitrogens with zero attached hydrogens (tertiary/aromatic N) is 1. The van der Waals surface area contributed by atoms with Gasteiger partial charge in [-0.1, -0.05) is 51.1 Å². The van der Waals surface area contributed by atoms with Crippen LogP contribution < -0.4 is 5.32 Å². The lowest BCUT2D eigenvalue weighted by molar-refractivity contribution is 0.0899. The van der Waals surface area contributed by atoms with Gasteiger partial charge < -0.3 is 5.32 Å². The molecule has 1 rings (SSSR count). The fourth-order valence-corrected chi connectivity index (χ4v) is 2.42. The molecule has 1 N–H and O–H groups in total. The summed E-state index contributed by atoms with van der Waals surface area (Å²) in [6.07, 6.45) is -2.29. The molecule has 0 bridgehead atoms. The second kappa shape index (κ2) is 7.70. The van der Waals surface area contributed by atoms with Crippen LogP contribution in [0.15, 0.2) is 30.3 Å². The molecule has 0 aromatic heterocycles. The van der Waals surface area contributed by atoms with Crippen LogP contribution in [0.25, 0.3) is 0 Å². The number of halogens is 2. The number of rotatable bonds is 8. The quantitative estimate of drug-likeness (QED) is 0.789. The van der Waals surface area contributed by atoms with Gasteiger partial charge in [-0.05, 0) is 12.6 Å². The van der Waals surface area contributed by atoms with E-state index in [1.54, 1.807) is 11.9 Å². The highest BCUT2D eigenvalue weighted by Crippen LogP contribution is 2.24. The molecule has 0 spiro atoms. The van der Waals surface area contributed by atoms with Crippen molar-refractivity contribution < 1.29 is 8.78 Å². The molecule has 0 heterocycles. The van der Waals surface area contributed by atoms with E-state index in [1.807, 2.05) is 18.2 Å². The Morgan fingerprint density at radius 1 is 1.20 bits per heavy atom. The average molecular weight is 284 g/mol. The molecule has 1 aromatic carbocycles. The molecule has 0 fully saturated rings. The van der Waals surface area contributed by atoms with Gasteiger partial charge in [0, 0.05) is 24.5 Å². The minimum atomic E-state index is -2.29. The maximum absolute atomic E-state index is 12.5. The Balaban J connectivity index is 2.84. The van der Waals surface area contributed by atoms with Crippen LogP contribution in [0.5, 0.6) is 0 Å². The highest BCUT2D eigenvalue weighted by Gasteiger charge is 2.28. The van der Waals surface area contributed by atoms with E-state index in [4.69, 9.17) is 0 Å². The molecule has 1 aromatic rings. The van der Waals surface area contributed by atoms with Crippen molar-refractivity contribution in [3.63, 3.8) is 0 Å². The van der Waals surface area contributed by atoms with Gasteiger partial charge in [0.1, 0.15) is 0 Å². The van der Waals surface area contributed by atoms with Gasteiger partial charge in [-0.15, -0.1) is 0 Å². The van der Waals surface area contributed by atoms with Crippen LogP contribution in [0.3, 0.4) is 0 Å². The lowest BCUT2D eigenvalue weighted by Crippen LogP contribution is -2.46. The average Bonchev–Trinajstić information content (AvgIpc) is 2.36. The number of hydrogen-bond donors (Lipinski definition) is 1. The number of benzene rings is 1. The molecular weight excluding hydrogens is 258 g/mol. The highest BCUT2D eigenvalue weighted by atomic mass is 19.3. The van der Waals surface area contributed by atoms with Gasteiger partial charge in [0.2, 0.25) is 0 Å². The third-order valence-corrected chi connectivity index (χ3v) is 3.44. The van der Waals surface area contributed by atoms with Crippen LogP contribution in [0.1, 0.15) is 26.3 Å². The van der Waals surface area contributed by atoms with Crippen molar-refractivity contribution >= 4 is 0 Å². The van der Waals surface area contributed by atoms with Crippen molar-refractivity contribution in [1.29, 1.82) is 0 Å². The Hall–Kier alpha value is -1.00. The summed E-state index contributed by atoms with van der Waals surface area (Å²) >= 11 is 0. The summed E-state index contributed by atoms with van der Waals surface area (Å²) in [6, 6.07) is 10.5. The third kappa shape index (κ3) is 5.55. The first-order valence-electron chi connectivity index (χ1n) is 7.09. The first-order valence-corrected chi connectivity index (χ1v) is 7.09. The summed E-state index contributed by atoms with van der Waals surface area (Å²) in [6.45, 7) is 7.48. The Kier molecular flexibility index (Phi) is 6.56. The molecule has 1 atom stereocenters. The van der Waals surface area contributed by atoms with Crippen LogP contribution in [-0.2, 0) is 5.41 Å². The summed E-state index contributed by atoms with van der Waals surface area (Å²) in [5.74, 6) is 0. The third-order valence-electron chi connectivity index (χ3n) is 3.44. The van der Waals surface area contributed by atoms with E-state index in [0.29, 0.717) is 12.6 Å². The molecule has 0 amide bonds. The van der Waals surface area contributed by atoms with Crippen molar-refractivity contribution in [2.75, 3.05) is 26.7 Å². The molecule has 4 heteroatoms. The van der Waals surface area contributed by atoms with E-state index < -0.39 is 6.43 Å². The maximum Gasteiger partial charge on any atom is 0.251 e. The molecule has 0 aliphatic carbocycles. The van der Waals surface area contributed by atoms with Crippen molar-refractivity contribution in [3.8, 4) is 0 Å². The first-order chi connectivity index (χ1) is 9.33. The topological polar surface area (TPSA) is 15.3 Å². The summed E-state index contributed by atoms with van der Waals surface area (Å²) in [4.78, 5) is 1.71. The van der Waals surface area contributed by atoms with E-state index in [1.165, 1.54) is 5.56 Å². The summed E-state index contributed by atoms with van der Waals surface area (Å²) in [5, 5.41) is 3.43. The molecule has 0 saturated heterocycles. The minimum absolute atomic E-state index is 0.185. The lowest BCUT2D eigenvalue weighted by atomic mass is 9.81. The largest absolute Gasteiger partial charge is 0.314 e. The summed E-state index contributed by atoms with van der Waals surface area (Å²) < 4.78 is 25.0. The van der Waals surface area contributed by atoms with Crippen LogP contribution in [0.2, 0.25) is 0 Å². The van der Waals surface area contributed by atoms with E-state index in [2.05, 4.69) is 38.2 Å². The Labute approximate surface area is 121 Å². The van der Waals surface area contributed by atoms with Crippen LogP contribution >= 0.6 is 0 Å². The molecule has 0 saturated carbocycles. The first kappa shape index (κ1) is 17.1. The molecule has 1 unspecified atom stereocenters. The van der Waals surface area contributed by atoms with Crippen LogP contribution in [-0.4, -0.2) is 44.0 Å². The Morgan fingerprint density at radius 3 is 2.30 bits per heavy atom. The van der Waals surface area contributed by atoms with Crippen molar-refractivity contribution in [2.45, 2.75) is 38.7 Å². The SMILES string of the molecule is CC(C)NCC(C)(CN(C)CC(F)F)c1ccccc1. The van der Waals surface area contributed by atoms with Crippen molar-refractivity contribution in [2.24, 2.45) is 0 Å². The van der Waals surface area contributed by atoms with E-state index in [0.717, 1.165) is 6.54 Å². The predicted molar refractivity (Wildman–Crippen MR) is 80.4 cm³/mol. The van der Waals surface area contributed by atoms with Crippen LogP contribution in [0, 0.1) is 0 Å². The highest BCUT2D eigenvalue weighted by molar-refractivity contribution is 5.25. The molecule has 0 aliphatic rings. The molecule has 2 nitrogen and oxygen atoms in total. The maximum atomic E-state index is 12.5. The zero-order valence-electron chi connectivity index (χ0n) is 12.9. The molecule has 0 aliphatic heterocycles. The monoisotopic (exact) mass is 284 g/mol. The van der Waals surface area contributed by atoms with Gasteiger partial charge in [0.15, 0.2) is 0 Å². The molecule has 0 radical (unpaired) electrons. The van der Waals surface area contributed by atoms with Crippen molar-refractivity contribution in [1.82, 2.24) is 10.2 Å². The van der Waals surface area contributed by atoms with Gasteiger partial charge in [-0.25, -0.2) is 8.78 Å². The van der Waals surface area contributed by atoms with E-state index in [-0.39, 0.29) is 12.0 Å².